The molecule has 0 aromatic heterocycles. The van der Waals surface area contributed by atoms with Gasteiger partial charge in [0, 0.05) is 0 Å². The van der Waals surface area contributed by atoms with Crippen LogP contribution in [0.2, 0.25) is 0 Å². The highest BCUT2D eigenvalue weighted by molar-refractivity contribution is 5.73. The molecule has 6 nitrogen and oxygen atoms in total. The van der Waals surface area contributed by atoms with Crippen LogP contribution < -0.4 is 9.47 Å². The number of hydrogen-bond acceptors (Lipinski definition) is 6. The van der Waals surface area contributed by atoms with Gasteiger partial charge in [-0.2, -0.15) is 0 Å². The highest BCUT2D eigenvalue weighted by atomic mass is 16.7. The zero-order valence-corrected chi connectivity index (χ0v) is 22.1. The third-order valence-corrected chi connectivity index (χ3v) is 7.18. The maximum absolute atomic E-state index is 11.8. The normalized spacial score (nSPS) is 21.7. The maximum atomic E-state index is 11.8. The molecule has 2 aliphatic rings. The van der Waals surface area contributed by atoms with Gasteiger partial charge in [0.1, 0.15) is 24.4 Å². The monoisotopic (exact) mass is 536 g/mol. The van der Waals surface area contributed by atoms with Crippen molar-refractivity contribution in [3.8, 4) is 11.5 Å². The fourth-order valence-electron chi connectivity index (χ4n) is 5.08. The Bertz CT molecular complexity index is 1410. The van der Waals surface area contributed by atoms with E-state index >= 15 is 0 Å². The van der Waals surface area contributed by atoms with Gasteiger partial charge in [-0.3, -0.25) is 0 Å². The Morgan fingerprint density at radius 1 is 0.600 bits per heavy atom. The minimum absolute atomic E-state index is 0.182. The molecule has 6 heteroatoms. The molecular weight excluding hydrogens is 504 g/mol. The lowest BCUT2D eigenvalue weighted by atomic mass is 9.85. The molecule has 0 unspecified atom stereocenters. The van der Waals surface area contributed by atoms with Crippen molar-refractivity contribution >= 4 is 5.57 Å². The van der Waals surface area contributed by atoms with Gasteiger partial charge in [0.05, 0.1) is 19.8 Å². The quantitative estimate of drug-likeness (QED) is 0.271. The third-order valence-electron chi connectivity index (χ3n) is 7.18. The third kappa shape index (κ3) is 6.11. The van der Waals surface area contributed by atoms with Gasteiger partial charge in [-0.05, 0) is 46.0 Å². The van der Waals surface area contributed by atoms with E-state index < -0.39 is 24.4 Å². The minimum atomic E-state index is -0.957. The van der Waals surface area contributed by atoms with Crippen molar-refractivity contribution in [2.75, 3.05) is 6.79 Å². The molecule has 0 saturated carbocycles. The average molecular weight is 537 g/mol. The Morgan fingerprint density at radius 2 is 1.12 bits per heavy atom. The molecule has 0 spiro atoms. The largest absolute Gasteiger partial charge is 0.454 e. The molecule has 1 aliphatic carbocycles. The maximum Gasteiger partial charge on any atom is 0.231 e. The van der Waals surface area contributed by atoms with Crippen LogP contribution in [-0.4, -0.2) is 36.3 Å². The molecule has 204 valence electrons. The Morgan fingerprint density at radius 3 is 1.73 bits per heavy atom. The van der Waals surface area contributed by atoms with Crippen LogP contribution in [0.25, 0.3) is 5.57 Å². The lowest BCUT2D eigenvalue weighted by molar-refractivity contribution is -0.165. The second-order valence-corrected chi connectivity index (χ2v) is 9.92. The van der Waals surface area contributed by atoms with E-state index in [4.69, 9.17) is 23.7 Å². The highest BCUT2D eigenvalue weighted by Gasteiger charge is 2.42. The van der Waals surface area contributed by atoms with Crippen LogP contribution in [0.15, 0.2) is 115 Å². The van der Waals surface area contributed by atoms with Gasteiger partial charge in [0.2, 0.25) is 6.79 Å². The lowest BCUT2D eigenvalue weighted by Crippen LogP contribution is -2.51. The molecule has 1 heterocycles. The van der Waals surface area contributed by atoms with Crippen LogP contribution in [0.5, 0.6) is 11.5 Å². The van der Waals surface area contributed by atoms with Crippen LogP contribution in [-0.2, 0) is 34.0 Å². The van der Waals surface area contributed by atoms with Crippen molar-refractivity contribution in [3.63, 3.8) is 0 Å². The summed E-state index contributed by atoms with van der Waals surface area (Å²) in [6, 6.07) is 35.6. The smallest absolute Gasteiger partial charge is 0.231 e. The summed E-state index contributed by atoms with van der Waals surface area (Å²) in [7, 11) is 0. The van der Waals surface area contributed by atoms with Gasteiger partial charge < -0.3 is 28.8 Å². The summed E-state index contributed by atoms with van der Waals surface area (Å²) in [5.74, 6) is 1.34. The van der Waals surface area contributed by atoms with E-state index in [1.54, 1.807) is 0 Å². The molecule has 4 aromatic carbocycles. The molecule has 40 heavy (non-hydrogen) atoms. The van der Waals surface area contributed by atoms with E-state index in [2.05, 4.69) is 0 Å². The van der Waals surface area contributed by atoms with Crippen molar-refractivity contribution < 1.29 is 28.8 Å². The number of rotatable bonds is 10. The van der Waals surface area contributed by atoms with E-state index in [1.165, 1.54) is 0 Å². The zero-order chi connectivity index (χ0) is 27.1. The number of benzene rings is 4. The first kappa shape index (κ1) is 26.3. The van der Waals surface area contributed by atoms with E-state index in [9.17, 15) is 5.11 Å². The van der Waals surface area contributed by atoms with Crippen LogP contribution in [0.4, 0.5) is 0 Å². The van der Waals surface area contributed by atoms with E-state index in [1.807, 2.05) is 115 Å². The molecule has 1 aliphatic heterocycles. The number of hydrogen-bond donors (Lipinski definition) is 1. The van der Waals surface area contributed by atoms with Gasteiger partial charge in [0.25, 0.3) is 0 Å². The summed E-state index contributed by atoms with van der Waals surface area (Å²) < 4.78 is 30.6. The predicted molar refractivity (Wildman–Crippen MR) is 152 cm³/mol. The van der Waals surface area contributed by atoms with Crippen LogP contribution in [0, 0.1) is 0 Å². The summed E-state index contributed by atoms with van der Waals surface area (Å²) in [5, 5.41) is 11.8. The number of fused-ring (bicyclic) bond motifs is 1. The molecule has 0 radical (unpaired) electrons. The summed E-state index contributed by atoms with van der Waals surface area (Å²) in [5.41, 5.74) is 4.62. The van der Waals surface area contributed by atoms with E-state index in [0.29, 0.717) is 36.9 Å². The first-order valence-electron chi connectivity index (χ1n) is 13.5. The Balaban J connectivity index is 1.33. The molecule has 1 N–H and O–H groups in total. The standard InChI is InChI=1S/C34H32O6/c35-32-28(27-16-17-29-30(18-27)40-23-39-29)19-31(36-20-24-10-4-1-5-11-24)33(37-21-25-12-6-2-7-13-25)34(32)38-22-26-14-8-3-9-15-26/h1-19,31-35H,20-23H2/t31-,32-,33-,34-/m1/s1. The van der Waals surface area contributed by atoms with Crippen LogP contribution >= 0.6 is 0 Å². The van der Waals surface area contributed by atoms with Crippen molar-refractivity contribution in [1.82, 2.24) is 0 Å². The average Bonchev–Trinajstić information content (AvgIpc) is 3.48. The molecule has 6 rings (SSSR count). The van der Waals surface area contributed by atoms with Gasteiger partial charge in [-0.15, -0.1) is 0 Å². The Hall–Kier alpha value is -3.94. The van der Waals surface area contributed by atoms with Gasteiger partial charge in [-0.1, -0.05) is 97.1 Å². The van der Waals surface area contributed by atoms with E-state index in [0.717, 1.165) is 22.3 Å². The van der Waals surface area contributed by atoms with Crippen molar-refractivity contribution in [1.29, 1.82) is 0 Å². The Labute approximate surface area is 234 Å². The summed E-state index contributed by atoms with van der Waals surface area (Å²) in [4.78, 5) is 0. The van der Waals surface area contributed by atoms with Gasteiger partial charge >= 0.3 is 0 Å². The lowest BCUT2D eigenvalue weighted by Gasteiger charge is -2.40. The molecule has 4 aromatic rings. The second kappa shape index (κ2) is 12.5. The SMILES string of the molecule is O[C@@H]1C(c2ccc3c(c2)OCO3)=C[C@@H](OCc2ccccc2)[C@@H](OCc2ccccc2)[C@@H]1OCc1ccccc1. The van der Waals surface area contributed by atoms with Gasteiger partial charge in [-0.25, -0.2) is 0 Å². The molecular formula is C34H32O6. The summed E-state index contributed by atoms with van der Waals surface area (Å²) in [6.07, 6.45) is -0.714. The first-order valence-corrected chi connectivity index (χ1v) is 13.5. The molecule has 4 atom stereocenters. The molecule has 0 amide bonds. The fourth-order valence-corrected chi connectivity index (χ4v) is 5.08. The minimum Gasteiger partial charge on any atom is -0.454 e. The Kier molecular flexibility index (Phi) is 8.21. The first-order chi connectivity index (χ1) is 19.7. The van der Waals surface area contributed by atoms with Crippen LogP contribution in [0.1, 0.15) is 22.3 Å². The number of aliphatic hydroxyl groups is 1. The fraction of sp³-hybridized carbons (Fsp3) is 0.235. The van der Waals surface area contributed by atoms with Crippen LogP contribution in [0.3, 0.4) is 0 Å². The molecule has 0 bridgehead atoms. The predicted octanol–water partition coefficient (Wildman–Crippen LogP) is 5.93. The number of ether oxygens (including phenoxy) is 5. The zero-order valence-electron chi connectivity index (χ0n) is 22.1. The summed E-state index contributed by atoms with van der Waals surface area (Å²) in [6.45, 7) is 1.26. The second-order valence-electron chi connectivity index (χ2n) is 9.92. The molecule has 0 saturated heterocycles. The topological polar surface area (TPSA) is 66.4 Å². The summed E-state index contributed by atoms with van der Waals surface area (Å²) >= 11 is 0. The molecule has 0 fully saturated rings. The van der Waals surface area contributed by atoms with E-state index in [-0.39, 0.29) is 6.79 Å². The van der Waals surface area contributed by atoms with Crippen molar-refractivity contribution in [2.45, 2.75) is 44.2 Å². The number of aliphatic hydroxyl groups excluding tert-OH is 1. The van der Waals surface area contributed by atoms with Crippen molar-refractivity contribution in [3.05, 3.63) is 138 Å². The van der Waals surface area contributed by atoms with Gasteiger partial charge in [0.15, 0.2) is 11.5 Å². The highest BCUT2D eigenvalue weighted by Crippen LogP contribution is 2.39. The van der Waals surface area contributed by atoms with Crippen molar-refractivity contribution in [2.24, 2.45) is 0 Å².